The predicted octanol–water partition coefficient (Wildman–Crippen LogP) is 2.02. The molecule has 0 fully saturated rings. The van der Waals surface area contributed by atoms with Gasteiger partial charge in [0.25, 0.3) is 0 Å². The molecule has 0 aliphatic carbocycles. The average Bonchev–Trinajstić information content (AvgIpc) is 2.03. The van der Waals surface area contributed by atoms with Gasteiger partial charge in [-0.1, -0.05) is 6.58 Å². The van der Waals surface area contributed by atoms with E-state index in [1.807, 2.05) is 0 Å². The van der Waals surface area contributed by atoms with E-state index in [0.29, 0.717) is 17.0 Å². The Labute approximate surface area is 70.5 Å². The average molecular weight is 167 g/mol. The lowest BCUT2D eigenvalue weighted by atomic mass is 10.1. The maximum absolute atomic E-state index is 12.6. The lowest BCUT2D eigenvalue weighted by molar-refractivity contribution is 0.371. The number of anilines is 1. The molecule has 0 atom stereocenters. The van der Waals surface area contributed by atoms with Gasteiger partial charge in [-0.25, -0.2) is 4.39 Å². The van der Waals surface area contributed by atoms with E-state index in [2.05, 4.69) is 6.58 Å². The molecule has 0 spiro atoms. The van der Waals surface area contributed by atoms with Gasteiger partial charge < -0.3 is 10.5 Å². The number of ether oxygens (including phenoxy) is 1. The van der Waals surface area contributed by atoms with E-state index in [1.165, 1.54) is 25.3 Å². The zero-order valence-electron chi connectivity index (χ0n) is 6.80. The van der Waals surface area contributed by atoms with Gasteiger partial charge in [0.15, 0.2) is 0 Å². The molecule has 0 bridgehead atoms. The summed E-state index contributed by atoms with van der Waals surface area (Å²) in [7, 11) is 1.49. The molecule has 0 aromatic heterocycles. The van der Waals surface area contributed by atoms with Gasteiger partial charge >= 0.3 is 0 Å². The van der Waals surface area contributed by atoms with Crippen molar-refractivity contribution >= 4 is 11.4 Å². The van der Waals surface area contributed by atoms with Crippen molar-refractivity contribution in [1.82, 2.24) is 0 Å². The normalized spacial score (nSPS) is 9.50. The number of nitrogens with two attached hydrogens (primary N) is 1. The molecule has 1 aromatic rings. The van der Waals surface area contributed by atoms with Crippen LogP contribution in [-0.4, -0.2) is 7.11 Å². The lowest BCUT2D eigenvalue weighted by Gasteiger charge is -2.06. The van der Waals surface area contributed by atoms with Crippen LogP contribution in [0.15, 0.2) is 24.8 Å². The molecule has 0 aliphatic heterocycles. The van der Waals surface area contributed by atoms with Gasteiger partial charge in [-0.3, -0.25) is 0 Å². The smallest absolute Gasteiger partial charge is 0.125 e. The lowest BCUT2D eigenvalue weighted by Crippen LogP contribution is -1.95. The Morgan fingerprint density at radius 1 is 1.58 bits per heavy atom. The highest BCUT2D eigenvalue weighted by atomic mass is 19.1. The van der Waals surface area contributed by atoms with E-state index in [0.717, 1.165) is 0 Å². The minimum Gasteiger partial charge on any atom is -0.497 e. The Morgan fingerprint density at radius 2 is 2.25 bits per heavy atom. The number of benzene rings is 1. The summed E-state index contributed by atoms with van der Waals surface area (Å²) >= 11 is 0. The molecule has 0 unspecified atom stereocenters. The van der Waals surface area contributed by atoms with Crippen molar-refractivity contribution < 1.29 is 9.13 Å². The highest BCUT2D eigenvalue weighted by molar-refractivity contribution is 5.69. The van der Waals surface area contributed by atoms with Crippen LogP contribution in [0.25, 0.3) is 5.76 Å². The summed E-state index contributed by atoms with van der Waals surface area (Å²) in [4.78, 5) is 0. The highest BCUT2D eigenvalue weighted by Crippen LogP contribution is 2.20. The predicted molar refractivity (Wildman–Crippen MR) is 46.9 cm³/mol. The van der Waals surface area contributed by atoms with Gasteiger partial charge in [0.05, 0.1) is 7.11 Å². The monoisotopic (exact) mass is 167 g/mol. The molecule has 1 rings (SSSR count). The fraction of sp³-hybridized carbons (Fsp3) is 0.111. The van der Waals surface area contributed by atoms with E-state index < -0.39 is 0 Å². The Bertz CT molecular complexity index is 309. The molecule has 3 heteroatoms. The Kier molecular flexibility index (Phi) is 2.33. The molecule has 0 saturated heterocycles. The van der Waals surface area contributed by atoms with Gasteiger partial charge in [-0.05, 0) is 18.2 Å². The number of halogens is 1. The zero-order chi connectivity index (χ0) is 9.14. The third kappa shape index (κ3) is 1.56. The maximum Gasteiger partial charge on any atom is 0.125 e. The van der Waals surface area contributed by atoms with Crippen molar-refractivity contribution in [2.45, 2.75) is 0 Å². The van der Waals surface area contributed by atoms with Crippen LogP contribution in [0.5, 0.6) is 0 Å². The molecular formula is C9H10FNO. The molecule has 1 aromatic carbocycles. The van der Waals surface area contributed by atoms with Crippen molar-refractivity contribution in [3.63, 3.8) is 0 Å². The van der Waals surface area contributed by atoms with Crippen LogP contribution < -0.4 is 5.73 Å². The third-order valence-corrected chi connectivity index (χ3v) is 1.56. The minimum atomic E-state index is -0.361. The first-order chi connectivity index (χ1) is 5.65. The van der Waals surface area contributed by atoms with E-state index in [1.54, 1.807) is 0 Å². The summed E-state index contributed by atoms with van der Waals surface area (Å²) in [5, 5.41) is 0. The van der Waals surface area contributed by atoms with Crippen LogP contribution in [0, 0.1) is 5.82 Å². The molecular weight excluding hydrogens is 157 g/mol. The summed E-state index contributed by atoms with van der Waals surface area (Å²) in [6, 6.07) is 4.09. The van der Waals surface area contributed by atoms with Gasteiger partial charge in [0.2, 0.25) is 0 Å². The molecule has 0 amide bonds. The molecule has 0 radical (unpaired) electrons. The number of rotatable bonds is 2. The van der Waals surface area contributed by atoms with Gasteiger partial charge in [-0.15, -0.1) is 0 Å². The number of methoxy groups -OCH3 is 1. The summed E-state index contributed by atoms with van der Waals surface area (Å²) in [5.74, 6) is 0.0765. The standard InChI is InChI=1S/C9H10FNO/c1-6(12-2)8-4-3-7(10)5-9(8)11/h3-5H,1,11H2,2H3. The summed E-state index contributed by atoms with van der Waals surface area (Å²) in [6.07, 6.45) is 0. The van der Waals surface area contributed by atoms with E-state index in [4.69, 9.17) is 10.5 Å². The van der Waals surface area contributed by atoms with Crippen LogP contribution in [0.3, 0.4) is 0 Å². The largest absolute Gasteiger partial charge is 0.497 e. The van der Waals surface area contributed by atoms with Crippen LogP contribution in [-0.2, 0) is 4.74 Å². The van der Waals surface area contributed by atoms with E-state index in [-0.39, 0.29) is 5.82 Å². The summed E-state index contributed by atoms with van der Waals surface area (Å²) in [5.41, 5.74) is 6.48. The fourth-order valence-electron chi connectivity index (χ4n) is 0.897. The van der Waals surface area contributed by atoms with Gasteiger partial charge in [0, 0.05) is 11.3 Å². The molecule has 0 saturated carbocycles. The number of hydrogen-bond donors (Lipinski definition) is 1. The van der Waals surface area contributed by atoms with Crippen LogP contribution >= 0.6 is 0 Å². The molecule has 2 N–H and O–H groups in total. The van der Waals surface area contributed by atoms with Crippen molar-refractivity contribution in [3.05, 3.63) is 36.2 Å². The Hall–Kier alpha value is -1.51. The second kappa shape index (κ2) is 3.26. The molecule has 64 valence electrons. The Balaban J connectivity index is 3.09. The zero-order valence-corrected chi connectivity index (χ0v) is 6.80. The van der Waals surface area contributed by atoms with Crippen molar-refractivity contribution in [1.29, 1.82) is 0 Å². The molecule has 2 nitrogen and oxygen atoms in total. The fourth-order valence-corrected chi connectivity index (χ4v) is 0.897. The van der Waals surface area contributed by atoms with E-state index >= 15 is 0 Å². The van der Waals surface area contributed by atoms with E-state index in [9.17, 15) is 4.39 Å². The third-order valence-electron chi connectivity index (χ3n) is 1.56. The van der Waals surface area contributed by atoms with Crippen molar-refractivity contribution in [2.24, 2.45) is 0 Å². The molecule has 0 heterocycles. The molecule has 0 aliphatic rings. The summed E-state index contributed by atoms with van der Waals surface area (Å²) < 4.78 is 17.4. The van der Waals surface area contributed by atoms with Crippen molar-refractivity contribution in [3.8, 4) is 0 Å². The first-order valence-electron chi connectivity index (χ1n) is 3.43. The minimum absolute atomic E-state index is 0.335. The van der Waals surface area contributed by atoms with Gasteiger partial charge in [-0.2, -0.15) is 0 Å². The van der Waals surface area contributed by atoms with Crippen LogP contribution in [0.4, 0.5) is 10.1 Å². The first-order valence-corrected chi connectivity index (χ1v) is 3.43. The highest BCUT2D eigenvalue weighted by Gasteiger charge is 2.03. The Morgan fingerprint density at radius 3 is 2.75 bits per heavy atom. The summed E-state index contributed by atoms with van der Waals surface area (Å²) in [6.45, 7) is 3.61. The maximum atomic E-state index is 12.6. The second-order valence-corrected chi connectivity index (χ2v) is 2.36. The second-order valence-electron chi connectivity index (χ2n) is 2.36. The van der Waals surface area contributed by atoms with Gasteiger partial charge in [0.1, 0.15) is 11.6 Å². The SMILES string of the molecule is C=C(OC)c1ccc(F)cc1N. The quantitative estimate of drug-likeness (QED) is 0.540. The molecule has 12 heavy (non-hydrogen) atoms. The topological polar surface area (TPSA) is 35.2 Å². The number of hydrogen-bond acceptors (Lipinski definition) is 2. The number of nitrogen functional groups attached to an aromatic ring is 1. The van der Waals surface area contributed by atoms with Crippen LogP contribution in [0.1, 0.15) is 5.56 Å². The van der Waals surface area contributed by atoms with Crippen molar-refractivity contribution in [2.75, 3.05) is 12.8 Å². The first kappa shape index (κ1) is 8.59. The van der Waals surface area contributed by atoms with Crippen LogP contribution in [0.2, 0.25) is 0 Å².